The predicted molar refractivity (Wildman–Crippen MR) is 125 cm³/mol. The standard InChI is InChI=1S/C24H41N3OS/c1-5-6-7-17-10-18(11-17)16(2)26-15-20-9-8-19-13-24(3,4)22(12-21(29)14-25)23(28)27(19)20/h17-20,22,26H,2,5-15,25H2,1,3-4H3/t17?,18?,19?,20-,22-/m1/s1. The molecule has 0 aromatic carbocycles. The Morgan fingerprint density at radius 2 is 2.07 bits per heavy atom. The van der Waals surface area contributed by atoms with Crippen LogP contribution in [-0.4, -0.2) is 40.8 Å². The summed E-state index contributed by atoms with van der Waals surface area (Å²) in [5.74, 6) is 1.77. The van der Waals surface area contributed by atoms with Gasteiger partial charge in [0.05, 0.1) is 0 Å². The van der Waals surface area contributed by atoms with E-state index in [0.29, 0.717) is 30.8 Å². The van der Waals surface area contributed by atoms with Crippen molar-refractivity contribution in [1.82, 2.24) is 10.2 Å². The maximum absolute atomic E-state index is 13.4. The van der Waals surface area contributed by atoms with Crippen molar-refractivity contribution in [2.24, 2.45) is 28.9 Å². The normalized spacial score (nSPS) is 33.2. The smallest absolute Gasteiger partial charge is 0.227 e. The molecule has 0 spiro atoms. The minimum Gasteiger partial charge on any atom is -0.387 e. The first kappa shape index (κ1) is 22.7. The summed E-state index contributed by atoms with van der Waals surface area (Å²) < 4.78 is 0. The number of thiocarbonyl (C=S) groups is 1. The van der Waals surface area contributed by atoms with Crippen LogP contribution in [0.4, 0.5) is 0 Å². The Hall–Kier alpha value is -0.940. The van der Waals surface area contributed by atoms with E-state index in [4.69, 9.17) is 18.0 Å². The highest BCUT2D eigenvalue weighted by Gasteiger charge is 2.50. The second-order valence-electron chi connectivity index (χ2n) is 10.4. The first-order valence-corrected chi connectivity index (χ1v) is 12.1. The van der Waals surface area contributed by atoms with Crippen molar-refractivity contribution < 1.29 is 4.79 Å². The third-order valence-electron chi connectivity index (χ3n) is 7.80. The quantitative estimate of drug-likeness (QED) is 0.514. The molecule has 1 saturated carbocycles. The second kappa shape index (κ2) is 9.47. The lowest BCUT2D eigenvalue weighted by Crippen LogP contribution is -2.56. The fraction of sp³-hybridized carbons (Fsp3) is 0.833. The Labute approximate surface area is 183 Å². The van der Waals surface area contributed by atoms with Crippen LogP contribution in [0.15, 0.2) is 12.3 Å². The minimum atomic E-state index is -0.0374. The van der Waals surface area contributed by atoms with Crippen LogP contribution in [0.1, 0.15) is 78.6 Å². The van der Waals surface area contributed by atoms with E-state index >= 15 is 0 Å². The molecule has 3 fully saturated rings. The van der Waals surface area contributed by atoms with Gasteiger partial charge >= 0.3 is 0 Å². The lowest BCUT2D eigenvalue weighted by molar-refractivity contribution is -0.149. The second-order valence-corrected chi connectivity index (χ2v) is 11.0. The molecular weight excluding hydrogens is 378 g/mol. The van der Waals surface area contributed by atoms with Crippen molar-refractivity contribution in [2.45, 2.75) is 90.6 Å². The number of carbonyl (C=O) groups is 1. The molecule has 0 radical (unpaired) electrons. The van der Waals surface area contributed by atoms with E-state index in [0.717, 1.165) is 36.6 Å². The molecule has 2 heterocycles. The summed E-state index contributed by atoms with van der Waals surface area (Å²) in [4.78, 5) is 16.5. The van der Waals surface area contributed by atoms with Crippen LogP contribution in [0.3, 0.4) is 0 Å². The van der Waals surface area contributed by atoms with E-state index in [1.54, 1.807) is 0 Å². The van der Waals surface area contributed by atoms with E-state index in [2.05, 4.69) is 37.6 Å². The molecule has 4 nitrogen and oxygen atoms in total. The first-order valence-electron chi connectivity index (χ1n) is 11.7. The van der Waals surface area contributed by atoms with Gasteiger partial charge in [-0.25, -0.2) is 0 Å². The molecule has 3 N–H and O–H groups in total. The van der Waals surface area contributed by atoms with E-state index in [1.807, 2.05) is 0 Å². The Morgan fingerprint density at radius 1 is 1.34 bits per heavy atom. The van der Waals surface area contributed by atoms with Gasteiger partial charge < -0.3 is 16.0 Å². The van der Waals surface area contributed by atoms with Crippen LogP contribution in [0, 0.1) is 23.2 Å². The average molecular weight is 420 g/mol. The van der Waals surface area contributed by atoms with Gasteiger partial charge in [0.15, 0.2) is 0 Å². The zero-order valence-electron chi connectivity index (χ0n) is 18.7. The number of hydrogen-bond donors (Lipinski definition) is 2. The van der Waals surface area contributed by atoms with Crippen molar-refractivity contribution in [3.63, 3.8) is 0 Å². The van der Waals surface area contributed by atoms with E-state index in [1.165, 1.54) is 37.8 Å². The number of amides is 1. The molecule has 1 aliphatic carbocycles. The fourth-order valence-electron chi connectivity index (χ4n) is 5.80. The molecule has 2 saturated heterocycles. The highest BCUT2D eigenvalue weighted by Crippen LogP contribution is 2.46. The maximum Gasteiger partial charge on any atom is 0.227 e. The molecule has 29 heavy (non-hydrogen) atoms. The molecule has 164 valence electrons. The van der Waals surface area contributed by atoms with Gasteiger partial charge in [0.2, 0.25) is 5.91 Å². The Morgan fingerprint density at radius 3 is 2.72 bits per heavy atom. The number of piperidine rings is 1. The molecule has 0 aromatic heterocycles. The molecule has 3 rings (SSSR count). The lowest BCUT2D eigenvalue weighted by atomic mass is 9.68. The van der Waals surface area contributed by atoms with Gasteiger partial charge in [-0.1, -0.05) is 58.8 Å². The fourth-order valence-corrected chi connectivity index (χ4v) is 5.97. The van der Waals surface area contributed by atoms with Crippen LogP contribution >= 0.6 is 12.2 Å². The Bertz CT molecular complexity index is 626. The molecule has 0 bridgehead atoms. The molecule has 2 aliphatic heterocycles. The molecule has 5 heteroatoms. The van der Waals surface area contributed by atoms with Gasteiger partial charge in [-0.3, -0.25) is 4.79 Å². The number of rotatable bonds is 10. The Balaban J connectivity index is 1.54. The van der Waals surface area contributed by atoms with Crippen LogP contribution in [0.5, 0.6) is 0 Å². The van der Waals surface area contributed by atoms with Crippen molar-refractivity contribution in [3.8, 4) is 0 Å². The highest BCUT2D eigenvalue weighted by atomic mass is 32.1. The summed E-state index contributed by atoms with van der Waals surface area (Å²) in [5, 5.41) is 3.61. The zero-order valence-corrected chi connectivity index (χ0v) is 19.5. The van der Waals surface area contributed by atoms with Crippen molar-refractivity contribution in [3.05, 3.63) is 12.3 Å². The predicted octanol–water partition coefficient (Wildman–Crippen LogP) is 4.43. The van der Waals surface area contributed by atoms with Crippen LogP contribution < -0.4 is 11.1 Å². The van der Waals surface area contributed by atoms with Gasteiger partial charge in [0.1, 0.15) is 0 Å². The lowest BCUT2D eigenvalue weighted by Gasteiger charge is -2.47. The summed E-state index contributed by atoms with van der Waals surface area (Å²) in [6.07, 6.45) is 10.5. The molecule has 3 atom stereocenters. The highest BCUT2D eigenvalue weighted by molar-refractivity contribution is 7.80. The number of allylic oxidation sites excluding steroid dienone is 1. The number of fused-ring (bicyclic) bond motifs is 1. The van der Waals surface area contributed by atoms with Crippen LogP contribution in [0.25, 0.3) is 0 Å². The van der Waals surface area contributed by atoms with E-state index in [-0.39, 0.29) is 17.4 Å². The summed E-state index contributed by atoms with van der Waals surface area (Å²) in [6, 6.07) is 0.660. The summed E-state index contributed by atoms with van der Waals surface area (Å²) in [7, 11) is 0. The van der Waals surface area contributed by atoms with Gasteiger partial charge in [0, 0.05) is 41.7 Å². The molecule has 0 aromatic rings. The van der Waals surface area contributed by atoms with Gasteiger partial charge in [-0.05, 0) is 55.8 Å². The summed E-state index contributed by atoms with van der Waals surface area (Å²) in [5.41, 5.74) is 6.91. The summed E-state index contributed by atoms with van der Waals surface area (Å²) in [6.45, 7) is 12.3. The molecule has 3 aliphatic rings. The van der Waals surface area contributed by atoms with Crippen molar-refractivity contribution >= 4 is 23.0 Å². The number of hydrogen-bond acceptors (Lipinski definition) is 4. The number of nitrogens with one attached hydrogen (secondary N) is 1. The third-order valence-corrected chi connectivity index (χ3v) is 8.13. The van der Waals surface area contributed by atoms with Crippen LogP contribution in [-0.2, 0) is 4.79 Å². The average Bonchev–Trinajstić information content (AvgIpc) is 3.03. The van der Waals surface area contributed by atoms with Crippen molar-refractivity contribution in [2.75, 3.05) is 13.1 Å². The molecule has 1 unspecified atom stereocenters. The zero-order chi connectivity index (χ0) is 21.2. The van der Waals surface area contributed by atoms with Gasteiger partial charge in [-0.15, -0.1) is 0 Å². The topological polar surface area (TPSA) is 58.4 Å². The molecular formula is C24H41N3OS. The molecule has 1 amide bonds. The largest absolute Gasteiger partial charge is 0.387 e. The third kappa shape index (κ3) is 5.04. The minimum absolute atomic E-state index is 0.0111. The number of unbranched alkanes of at least 4 members (excludes halogenated alkanes) is 1. The van der Waals surface area contributed by atoms with Crippen LogP contribution in [0.2, 0.25) is 0 Å². The SMILES string of the molecule is C=C(NC[C@H]1CCC2CC(C)(C)[C@H](CC(=S)CN)C(=O)N21)C1CC(CCCC)C1. The van der Waals surface area contributed by atoms with Gasteiger partial charge in [0.25, 0.3) is 0 Å². The number of nitrogens with zero attached hydrogens (tertiary/aromatic N) is 1. The Kier molecular flexibility index (Phi) is 7.42. The first-order chi connectivity index (χ1) is 13.8. The summed E-state index contributed by atoms with van der Waals surface area (Å²) >= 11 is 5.39. The van der Waals surface area contributed by atoms with E-state index in [9.17, 15) is 4.79 Å². The van der Waals surface area contributed by atoms with E-state index < -0.39 is 0 Å². The number of carbonyl (C=O) groups excluding carboxylic acids is 1. The monoisotopic (exact) mass is 419 g/mol. The van der Waals surface area contributed by atoms with Gasteiger partial charge in [-0.2, -0.15) is 0 Å². The maximum atomic E-state index is 13.4. The number of nitrogens with two attached hydrogens (primary N) is 1. The van der Waals surface area contributed by atoms with Crippen molar-refractivity contribution in [1.29, 1.82) is 0 Å².